The highest BCUT2D eigenvalue weighted by atomic mass is 16.5. The monoisotopic (exact) mass is 375 g/mol. The van der Waals surface area contributed by atoms with Crippen LogP contribution in [0.2, 0.25) is 0 Å². The van der Waals surface area contributed by atoms with Gasteiger partial charge in [0.1, 0.15) is 0 Å². The number of ether oxygens (including phenoxy) is 1. The van der Waals surface area contributed by atoms with Crippen LogP contribution in [0.3, 0.4) is 0 Å². The Morgan fingerprint density at radius 2 is 1.75 bits per heavy atom. The van der Waals surface area contributed by atoms with Crippen molar-refractivity contribution in [3.05, 3.63) is 64.7 Å². The topological polar surface area (TPSA) is 29.5 Å². The average molecular weight is 376 g/mol. The van der Waals surface area contributed by atoms with Gasteiger partial charge in [0.05, 0.1) is 12.2 Å². The maximum Gasteiger partial charge on any atom is 0.338 e. The number of hydrogen-bond acceptors (Lipinski definition) is 3. The molecule has 0 radical (unpaired) electrons. The second-order valence-electron chi connectivity index (χ2n) is 8.20. The second kappa shape index (κ2) is 8.10. The molecule has 0 saturated carbocycles. The van der Waals surface area contributed by atoms with Crippen LogP contribution in [-0.4, -0.2) is 25.2 Å². The molecule has 1 aliphatic heterocycles. The zero-order valence-corrected chi connectivity index (χ0v) is 17.5. The van der Waals surface area contributed by atoms with E-state index < -0.39 is 0 Å². The molecule has 3 heteroatoms. The van der Waals surface area contributed by atoms with Crippen LogP contribution in [0.5, 0.6) is 0 Å². The van der Waals surface area contributed by atoms with Crippen LogP contribution in [0.15, 0.2) is 42.5 Å². The lowest BCUT2D eigenvalue weighted by Gasteiger charge is -2.42. The van der Waals surface area contributed by atoms with E-state index in [9.17, 15) is 4.79 Å². The number of anilines is 1. The van der Waals surface area contributed by atoms with Crippen molar-refractivity contribution in [1.82, 2.24) is 0 Å². The van der Waals surface area contributed by atoms with Gasteiger partial charge in [-0.3, -0.25) is 0 Å². The van der Waals surface area contributed by atoms with E-state index in [1.54, 1.807) is 19.1 Å². The summed E-state index contributed by atoms with van der Waals surface area (Å²) in [5, 5.41) is 0. The number of rotatable bonds is 3. The van der Waals surface area contributed by atoms with Gasteiger partial charge in [-0.05, 0) is 74.6 Å². The summed E-state index contributed by atoms with van der Waals surface area (Å²) in [5.74, 6) is 6.19. The molecule has 1 aliphatic rings. The van der Waals surface area contributed by atoms with Crippen molar-refractivity contribution in [1.29, 1.82) is 0 Å². The second-order valence-corrected chi connectivity index (χ2v) is 8.20. The number of nitrogens with zero attached hydrogens (tertiary/aromatic N) is 1. The van der Waals surface area contributed by atoms with E-state index in [0.29, 0.717) is 18.2 Å². The third-order valence-corrected chi connectivity index (χ3v) is 5.38. The van der Waals surface area contributed by atoms with Gasteiger partial charge in [-0.25, -0.2) is 4.79 Å². The third-order valence-electron chi connectivity index (χ3n) is 5.38. The molecule has 2 aromatic rings. The van der Waals surface area contributed by atoms with Crippen molar-refractivity contribution in [2.45, 2.75) is 52.5 Å². The predicted molar refractivity (Wildman–Crippen MR) is 115 cm³/mol. The molecule has 0 fully saturated rings. The number of carbonyl (C=O) groups excluding carboxylic acids is 1. The fourth-order valence-corrected chi connectivity index (χ4v) is 3.66. The lowest BCUT2D eigenvalue weighted by Crippen LogP contribution is -2.41. The minimum atomic E-state index is -0.298. The Morgan fingerprint density at radius 3 is 2.39 bits per heavy atom. The molecule has 0 amide bonds. The Kier molecular flexibility index (Phi) is 5.79. The molecule has 0 bridgehead atoms. The highest BCUT2D eigenvalue weighted by Crippen LogP contribution is 2.40. The first kappa shape index (κ1) is 20.0. The molecule has 0 unspecified atom stereocenters. The SMILES string of the molecule is CCOC(=O)c1ccc(C#Cc2ccc3c(c2)N(C(C)C)CCC3(C)C)cc1. The minimum Gasteiger partial charge on any atom is -0.462 e. The van der Waals surface area contributed by atoms with E-state index in [2.05, 4.69) is 62.6 Å². The van der Waals surface area contributed by atoms with Crippen molar-refractivity contribution in [2.24, 2.45) is 0 Å². The molecule has 0 aliphatic carbocycles. The van der Waals surface area contributed by atoms with Crippen molar-refractivity contribution in [3.8, 4) is 11.8 Å². The molecule has 1 heterocycles. The molecular formula is C25H29NO2. The fourth-order valence-electron chi connectivity index (χ4n) is 3.66. The maximum absolute atomic E-state index is 11.7. The van der Waals surface area contributed by atoms with E-state index in [-0.39, 0.29) is 11.4 Å². The summed E-state index contributed by atoms with van der Waals surface area (Å²) in [6.07, 6.45) is 1.16. The van der Waals surface area contributed by atoms with Crippen LogP contribution in [0.4, 0.5) is 5.69 Å². The number of benzene rings is 2. The summed E-state index contributed by atoms with van der Waals surface area (Å²) in [6, 6.07) is 14.3. The molecule has 3 nitrogen and oxygen atoms in total. The van der Waals surface area contributed by atoms with Gasteiger partial charge in [0.15, 0.2) is 0 Å². The van der Waals surface area contributed by atoms with Crippen LogP contribution in [0, 0.1) is 11.8 Å². The molecule has 2 aromatic carbocycles. The molecule has 0 spiro atoms. The Labute approximate surface area is 168 Å². The maximum atomic E-state index is 11.7. The largest absolute Gasteiger partial charge is 0.462 e. The summed E-state index contributed by atoms with van der Waals surface area (Å²) in [4.78, 5) is 14.2. The van der Waals surface area contributed by atoms with Crippen LogP contribution in [0.1, 0.15) is 68.1 Å². The predicted octanol–water partition coefficient (Wildman–Crippen LogP) is 5.16. The molecule has 0 atom stereocenters. The first-order valence-electron chi connectivity index (χ1n) is 10.0. The molecule has 0 aromatic heterocycles. The molecule has 0 saturated heterocycles. The minimum absolute atomic E-state index is 0.190. The number of esters is 1. The van der Waals surface area contributed by atoms with Gasteiger partial charge in [-0.1, -0.05) is 31.8 Å². The van der Waals surface area contributed by atoms with Crippen LogP contribution in [0.25, 0.3) is 0 Å². The normalized spacial score (nSPS) is 14.9. The zero-order chi connectivity index (χ0) is 20.3. The first-order chi connectivity index (χ1) is 13.3. The van der Waals surface area contributed by atoms with Crippen molar-refractivity contribution in [3.63, 3.8) is 0 Å². The first-order valence-corrected chi connectivity index (χ1v) is 10.0. The van der Waals surface area contributed by atoms with Gasteiger partial charge >= 0.3 is 5.97 Å². The van der Waals surface area contributed by atoms with Crippen LogP contribution >= 0.6 is 0 Å². The molecule has 0 N–H and O–H groups in total. The smallest absolute Gasteiger partial charge is 0.338 e. The number of fused-ring (bicyclic) bond motifs is 1. The Hall–Kier alpha value is -2.73. The van der Waals surface area contributed by atoms with Crippen molar-refractivity contribution < 1.29 is 9.53 Å². The Balaban J connectivity index is 1.87. The molecular weight excluding hydrogens is 346 g/mol. The van der Waals surface area contributed by atoms with E-state index in [1.807, 2.05) is 12.1 Å². The average Bonchev–Trinajstić information content (AvgIpc) is 2.66. The highest BCUT2D eigenvalue weighted by molar-refractivity contribution is 5.89. The summed E-state index contributed by atoms with van der Waals surface area (Å²) < 4.78 is 5.02. The van der Waals surface area contributed by atoms with Crippen LogP contribution in [-0.2, 0) is 10.2 Å². The lowest BCUT2D eigenvalue weighted by molar-refractivity contribution is 0.0526. The fraction of sp³-hybridized carbons (Fsp3) is 0.400. The van der Waals surface area contributed by atoms with E-state index in [4.69, 9.17) is 4.74 Å². The Bertz CT molecular complexity index is 914. The summed E-state index contributed by atoms with van der Waals surface area (Å²) in [5.41, 5.74) is 5.34. The molecule has 3 rings (SSSR count). The molecule has 28 heavy (non-hydrogen) atoms. The van der Waals surface area contributed by atoms with Gasteiger partial charge in [-0.15, -0.1) is 0 Å². The van der Waals surface area contributed by atoms with Gasteiger partial charge in [0.25, 0.3) is 0 Å². The van der Waals surface area contributed by atoms with Gasteiger partial charge in [0, 0.05) is 29.4 Å². The van der Waals surface area contributed by atoms with Gasteiger partial charge in [0.2, 0.25) is 0 Å². The van der Waals surface area contributed by atoms with Crippen molar-refractivity contribution >= 4 is 11.7 Å². The zero-order valence-electron chi connectivity index (χ0n) is 17.5. The van der Waals surface area contributed by atoms with Crippen molar-refractivity contribution in [2.75, 3.05) is 18.1 Å². The van der Waals surface area contributed by atoms with Gasteiger partial charge in [-0.2, -0.15) is 0 Å². The number of carbonyl (C=O) groups is 1. The standard InChI is InChI=1S/C25H29NO2/c1-6-28-24(27)21-12-9-19(10-13-21)7-8-20-11-14-22-23(17-20)26(18(2)3)16-15-25(22,4)5/h9-14,17-18H,6,15-16H2,1-5H3. The van der Waals surface area contributed by atoms with E-state index in [0.717, 1.165) is 24.1 Å². The van der Waals surface area contributed by atoms with Gasteiger partial charge < -0.3 is 9.64 Å². The van der Waals surface area contributed by atoms with Crippen LogP contribution < -0.4 is 4.90 Å². The quantitative estimate of drug-likeness (QED) is 0.548. The number of hydrogen-bond donors (Lipinski definition) is 0. The van der Waals surface area contributed by atoms with E-state index >= 15 is 0 Å². The summed E-state index contributed by atoms with van der Waals surface area (Å²) >= 11 is 0. The lowest BCUT2D eigenvalue weighted by atomic mass is 9.77. The third kappa shape index (κ3) is 4.22. The summed E-state index contributed by atoms with van der Waals surface area (Å²) in [7, 11) is 0. The molecule has 146 valence electrons. The highest BCUT2D eigenvalue weighted by Gasteiger charge is 2.31. The Morgan fingerprint density at radius 1 is 1.11 bits per heavy atom. The summed E-state index contributed by atoms with van der Waals surface area (Å²) in [6.45, 7) is 12.4. The van der Waals surface area contributed by atoms with E-state index in [1.165, 1.54) is 11.3 Å².